The van der Waals surface area contributed by atoms with E-state index in [2.05, 4.69) is 25.7 Å². The van der Waals surface area contributed by atoms with Gasteiger partial charge in [-0.2, -0.15) is 0 Å². The smallest absolute Gasteiger partial charge is 0.334 e. The summed E-state index contributed by atoms with van der Waals surface area (Å²) >= 11 is 0. The van der Waals surface area contributed by atoms with Gasteiger partial charge in [0.25, 0.3) is 0 Å². The molecule has 19 heavy (non-hydrogen) atoms. The zero-order valence-electron chi connectivity index (χ0n) is 13.2. The SMILES string of the molecule is CCO[Si](C)(CCCCNC1CCCCC1)OCC. The van der Waals surface area contributed by atoms with Crippen molar-refractivity contribution < 1.29 is 8.85 Å². The van der Waals surface area contributed by atoms with E-state index in [1.165, 1.54) is 44.9 Å². The minimum Gasteiger partial charge on any atom is -0.395 e. The molecule has 0 radical (unpaired) electrons. The fourth-order valence-electron chi connectivity index (χ4n) is 2.98. The predicted octanol–water partition coefficient (Wildman–Crippen LogP) is 3.83. The summed E-state index contributed by atoms with van der Waals surface area (Å²) in [5, 5.41) is 3.71. The van der Waals surface area contributed by atoms with Gasteiger partial charge in [0.15, 0.2) is 0 Å². The molecule has 1 N–H and O–H groups in total. The standard InChI is InChI=1S/C15H33NO2Si/c1-4-17-19(3,18-5-2)14-10-9-13-16-15-11-7-6-8-12-15/h15-16H,4-14H2,1-3H3. The van der Waals surface area contributed by atoms with E-state index >= 15 is 0 Å². The Kier molecular flexibility index (Phi) is 8.95. The molecule has 0 spiro atoms. The Labute approximate surface area is 120 Å². The molecule has 0 heterocycles. The summed E-state index contributed by atoms with van der Waals surface area (Å²) in [6.07, 6.45) is 9.50. The number of hydrogen-bond acceptors (Lipinski definition) is 3. The first-order valence-corrected chi connectivity index (χ1v) is 10.7. The van der Waals surface area contributed by atoms with Crippen LogP contribution in [0.5, 0.6) is 0 Å². The van der Waals surface area contributed by atoms with Crippen molar-refractivity contribution in [1.29, 1.82) is 0 Å². The summed E-state index contributed by atoms with van der Waals surface area (Å²) in [6, 6.07) is 1.91. The molecule has 114 valence electrons. The molecule has 0 aromatic carbocycles. The zero-order valence-corrected chi connectivity index (χ0v) is 14.2. The van der Waals surface area contributed by atoms with Gasteiger partial charge in [0.1, 0.15) is 0 Å². The fraction of sp³-hybridized carbons (Fsp3) is 1.00. The highest BCUT2D eigenvalue weighted by Gasteiger charge is 2.29. The Balaban J connectivity index is 2.07. The van der Waals surface area contributed by atoms with Gasteiger partial charge in [-0.3, -0.25) is 0 Å². The van der Waals surface area contributed by atoms with Crippen LogP contribution in [0.1, 0.15) is 58.8 Å². The molecule has 0 aliphatic heterocycles. The van der Waals surface area contributed by atoms with Gasteiger partial charge in [-0.25, -0.2) is 0 Å². The third-order valence-electron chi connectivity index (χ3n) is 4.00. The van der Waals surface area contributed by atoms with Crippen molar-refractivity contribution in [2.24, 2.45) is 0 Å². The van der Waals surface area contributed by atoms with E-state index in [9.17, 15) is 0 Å². The lowest BCUT2D eigenvalue weighted by molar-refractivity contribution is 0.188. The van der Waals surface area contributed by atoms with Crippen LogP contribution in [0.15, 0.2) is 0 Å². The molecule has 0 aromatic heterocycles. The first-order valence-electron chi connectivity index (χ1n) is 8.21. The Hall–Kier alpha value is 0.0969. The van der Waals surface area contributed by atoms with Crippen LogP contribution in [0.25, 0.3) is 0 Å². The molecule has 1 fully saturated rings. The third-order valence-corrected chi connectivity index (χ3v) is 7.06. The topological polar surface area (TPSA) is 30.5 Å². The molecule has 3 nitrogen and oxygen atoms in total. The molecule has 1 rings (SSSR count). The lowest BCUT2D eigenvalue weighted by Gasteiger charge is -2.26. The number of rotatable bonds is 10. The second-order valence-corrected chi connectivity index (χ2v) is 9.09. The molecular formula is C15H33NO2Si. The van der Waals surface area contributed by atoms with Crippen LogP contribution in [-0.2, 0) is 8.85 Å². The molecule has 1 aliphatic rings. The van der Waals surface area contributed by atoms with Crippen molar-refractivity contribution >= 4 is 8.56 Å². The second kappa shape index (κ2) is 9.92. The summed E-state index contributed by atoms with van der Waals surface area (Å²) in [5.41, 5.74) is 0. The van der Waals surface area contributed by atoms with Gasteiger partial charge in [-0.1, -0.05) is 25.7 Å². The summed E-state index contributed by atoms with van der Waals surface area (Å²) in [7, 11) is -1.87. The van der Waals surface area contributed by atoms with E-state index in [1.807, 2.05) is 0 Å². The second-order valence-electron chi connectivity index (χ2n) is 5.75. The van der Waals surface area contributed by atoms with Crippen molar-refractivity contribution in [3.63, 3.8) is 0 Å². The number of nitrogens with one attached hydrogen (secondary N) is 1. The van der Waals surface area contributed by atoms with Crippen LogP contribution in [0, 0.1) is 0 Å². The summed E-state index contributed by atoms with van der Waals surface area (Å²) < 4.78 is 11.7. The molecule has 0 aromatic rings. The average Bonchev–Trinajstić information content (AvgIpc) is 2.40. The molecule has 0 unspecified atom stereocenters. The Bertz CT molecular complexity index is 214. The van der Waals surface area contributed by atoms with Crippen molar-refractivity contribution in [3.8, 4) is 0 Å². The van der Waals surface area contributed by atoms with Crippen molar-refractivity contribution in [1.82, 2.24) is 5.32 Å². The molecule has 1 aliphatic carbocycles. The quantitative estimate of drug-likeness (QED) is 0.489. The lowest BCUT2D eigenvalue weighted by atomic mass is 9.95. The van der Waals surface area contributed by atoms with Crippen LogP contribution >= 0.6 is 0 Å². The Morgan fingerprint density at radius 2 is 1.63 bits per heavy atom. The van der Waals surface area contributed by atoms with E-state index in [0.29, 0.717) is 0 Å². The Morgan fingerprint density at radius 3 is 2.21 bits per heavy atom. The van der Waals surface area contributed by atoms with Crippen LogP contribution in [-0.4, -0.2) is 34.4 Å². The monoisotopic (exact) mass is 287 g/mol. The van der Waals surface area contributed by atoms with E-state index in [4.69, 9.17) is 8.85 Å². The molecule has 4 heteroatoms. The maximum Gasteiger partial charge on any atom is 0.334 e. The first kappa shape index (κ1) is 17.1. The molecule has 0 bridgehead atoms. The van der Waals surface area contributed by atoms with E-state index in [0.717, 1.165) is 31.8 Å². The van der Waals surface area contributed by atoms with Gasteiger partial charge in [-0.05, 0) is 52.2 Å². The minimum absolute atomic E-state index is 0.781. The molecule has 0 amide bonds. The summed E-state index contributed by atoms with van der Waals surface area (Å²) in [5.74, 6) is 0. The number of unbranched alkanes of at least 4 members (excludes halogenated alkanes) is 1. The number of hydrogen-bond donors (Lipinski definition) is 1. The average molecular weight is 288 g/mol. The lowest BCUT2D eigenvalue weighted by Crippen LogP contribution is -2.39. The maximum atomic E-state index is 5.86. The highest BCUT2D eigenvalue weighted by atomic mass is 28.4. The highest BCUT2D eigenvalue weighted by molar-refractivity contribution is 6.66. The van der Waals surface area contributed by atoms with Gasteiger partial charge >= 0.3 is 8.56 Å². The van der Waals surface area contributed by atoms with Gasteiger partial charge in [0, 0.05) is 19.3 Å². The van der Waals surface area contributed by atoms with E-state index in [1.54, 1.807) is 0 Å². The van der Waals surface area contributed by atoms with Gasteiger partial charge in [0.05, 0.1) is 0 Å². The molecule has 0 atom stereocenters. The van der Waals surface area contributed by atoms with Crippen LogP contribution in [0.2, 0.25) is 12.6 Å². The third kappa shape index (κ3) is 7.44. The molecular weight excluding hydrogens is 254 g/mol. The molecule has 1 saturated carbocycles. The van der Waals surface area contributed by atoms with Crippen LogP contribution < -0.4 is 5.32 Å². The van der Waals surface area contributed by atoms with Crippen molar-refractivity contribution in [2.75, 3.05) is 19.8 Å². The highest BCUT2D eigenvalue weighted by Crippen LogP contribution is 2.19. The normalized spacial score (nSPS) is 17.8. The van der Waals surface area contributed by atoms with Gasteiger partial charge < -0.3 is 14.2 Å². The van der Waals surface area contributed by atoms with Gasteiger partial charge in [-0.15, -0.1) is 0 Å². The first-order chi connectivity index (χ1) is 9.20. The zero-order chi connectivity index (χ0) is 14.0. The van der Waals surface area contributed by atoms with Crippen LogP contribution in [0.4, 0.5) is 0 Å². The van der Waals surface area contributed by atoms with Crippen molar-refractivity contribution in [3.05, 3.63) is 0 Å². The minimum atomic E-state index is -1.87. The van der Waals surface area contributed by atoms with E-state index in [-0.39, 0.29) is 0 Å². The summed E-state index contributed by atoms with van der Waals surface area (Å²) in [4.78, 5) is 0. The molecule has 0 saturated heterocycles. The maximum absolute atomic E-state index is 5.86. The summed E-state index contributed by atoms with van der Waals surface area (Å²) in [6.45, 7) is 9.05. The fourth-order valence-corrected chi connectivity index (χ4v) is 5.47. The van der Waals surface area contributed by atoms with Crippen LogP contribution in [0.3, 0.4) is 0 Å². The van der Waals surface area contributed by atoms with Crippen molar-refractivity contribution in [2.45, 2.75) is 77.4 Å². The largest absolute Gasteiger partial charge is 0.395 e. The Morgan fingerprint density at radius 1 is 1.00 bits per heavy atom. The predicted molar refractivity (Wildman–Crippen MR) is 83.8 cm³/mol. The van der Waals surface area contributed by atoms with E-state index < -0.39 is 8.56 Å². The van der Waals surface area contributed by atoms with Gasteiger partial charge in [0.2, 0.25) is 0 Å².